The second-order valence-electron chi connectivity index (χ2n) is 16.1. The molecule has 0 N–H and O–H groups in total. The first-order valence-corrected chi connectivity index (χ1v) is 25.4. The molecule has 1 radical (unpaired) electrons. The molecule has 1 aliphatic carbocycles. The van der Waals surface area contributed by atoms with Crippen molar-refractivity contribution in [3.05, 3.63) is 114 Å². The standard InChI is InChI=1S/C25H24NO.C20H28GeN.Ir/c1-25(2,17-8-3-4-9-17)18-14-15-26-22(16-18)21-12-7-11-20-19-10-5-6-13-23(19)27-24(20)21;1-14(2)10-18-12-20(22-13-19(18)21(5,6)7)17-9-8-15(3)16(4)11-17;/h5-7,10-11,13-17H,3-4,8-9H2,1-2H3;8,11-14H,10H2,1-7H3;/q2*-1;. The molecule has 3 nitrogen and oxygen atoms in total. The van der Waals surface area contributed by atoms with Crippen LogP contribution >= 0.6 is 0 Å². The van der Waals surface area contributed by atoms with Crippen LogP contribution in [-0.2, 0) is 31.9 Å². The molecule has 3 aromatic heterocycles. The molecule has 0 atom stereocenters. The first-order chi connectivity index (χ1) is 23.3. The number of fused-ring (bicyclic) bond motifs is 3. The van der Waals surface area contributed by atoms with Gasteiger partial charge in [-0.2, -0.15) is 0 Å². The topological polar surface area (TPSA) is 38.9 Å². The molecule has 0 bridgehead atoms. The number of para-hydroxylation sites is 1. The predicted molar refractivity (Wildman–Crippen MR) is 210 cm³/mol. The van der Waals surface area contributed by atoms with Crippen molar-refractivity contribution in [3.8, 4) is 22.5 Å². The van der Waals surface area contributed by atoms with Crippen molar-refractivity contribution in [1.82, 2.24) is 9.97 Å². The van der Waals surface area contributed by atoms with E-state index in [0.717, 1.165) is 56.8 Å². The van der Waals surface area contributed by atoms with E-state index in [-0.39, 0.29) is 25.5 Å². The van der Waals surface area contributed by atoms with E-state index < -0.39 is 13.3 Å². The molecule has 1 fully saturated rings. The van der Waals surface area contributed by atoms with Crippen molar-refractivity contribution in [2.45, 2.75) is 96.3 Å². The van der Waals surface area contributed by atoms with E-state index in [2.05, 4.69) is 131 Å². The molecule has 0 aliphatic heterocycles. The summed E-state index contributed by atoms with van der Waals surface area (Å²) < 4.78 is 7.73. The fraction of sp³-hybridized carbons (Fsp3) is 0.378. The molecule has 3 heterocycles. The van der Waals surface area contributed by atoms with Crippen LogP contribution in [0.2, 0.25) is 17.3 Å². The van der Waals surface area contributed by atoms with Gasteiger partial charge in [0.05, 0.1) is 5.58 Å². The monoisotopic (exact) mass is 903 g/mol. The summed E-state index contributed by atoms with van der Waals surface area (Å²) in [6.45, 7) is 13.6. The number of rotatable bonds is 7. The summed E-state index contributed by atoms with van der Waals surface area (Å²) in [5.41, 5.74) is 11.5. The Labute approximate surface area is 316 Å². The molecular formula is C45H52GeIrN2O-2. The molecule has 263 valence electrons. The molecule has 1 saturated carbocycles. The van der Waals surface area contributed by atoms with E-state index in [0.29, 0.717) is 5.92 Å². The van der Waals surface area contributed by atoms with Crippen LogP contribution in [0.4, 0.5) is 0 Å². The van der Waals surface area contributed by atoms with Gasteiger partial charge < -0.3 is 9.40 Å². The van der Waals surface area contributed by atoms with E-state index in [4.69, 9.17) is 9.40 Å². The van der Waals surface area contributed by atoms with Crippen LogP contribution in [0.15, 0.2) is 83.5 Å². The summed E-state index contributed by atoms with van der Waals surface area (Å²) in [7, 11) is 0. The van der Waals surface area contributed by atoms with Crippen molar-refractivity contribution >= 4 is 39.6 Å². The van der Waals surface area contributed by atoms with Crippen LogP contribution in [0.3, 0.4) is 0 Å². The summed E-state index contributed by atoms with van der Waals surface area (Å²) in [4.78, 5) is 9.45. The van der Waals surface area contributed by atoms with Crippen molar-refractivity contribution in [3.63, 3.8) is 0 Å². The summed E-state index contributed by atoms with van der Waals surface area (Å²) in [6, 6.07) is 30.0. The molecule has 0 spiro atoms. The maximum Gasteiger partial charge on any atom is 0 e. The van der Waals surface area contributed by atoms with Crippen LogP contribution in [-0.4, -0.2) is 23.2 Å². The third-order valence-corrected chi connectivity index (χ3v) is 14.9. The Bertz CT molecular complexity index is 2080. The van der Waals surface area contributed by atoms with Gasteiger partial charge in [-0.3, -0.25) is 0 Å². The minimum Gasteiger partial charge on any atom is 0 e. The van der Waals surface area contributed by atoms with E-state index >= 15 is 0 Å². The minimum atomic E-state index is -1.88. The number of benzene rings is 3. The zero-order chi connectivity index (χ0) is 34.9. The van der Waals surface area contributed by atoms with Crippen molar-refractivity contribution in [2.75, 3.05) is 0 Å². The van der Waals surface area contributed by atoms with E-state index in [9.17, 15) is 0 Å². The van der Waals surface area contributed by atoms with Gasteiger partial charge in [-0.25, -0.2) is 0 Å². The number of aromatic nitrogens is 2. The van der Waals surface area contributed by atoms with Gasteiger partial charge in [-0.15, -0.1) is 18.2 Å². The number of hydrogen-bond donors (Lipinski definition) is 0. The van der Waals surface area contributed by atoms with Crippen molar-refractivity contribution in [2.24, 2.45) is 11.8 Å². The first kappa shape index (κ1) is 38.2. The zero-order valence-electron chi connectivity index (χ0n) is 31.3. The molecule has 0 unspecified atom stereocenters. The first-order valence-electron chi connectivity index (χ1n) is 18.1. The molecule has 0 saturated heterocycles. The molecular weight excluding hydrogens is 849 g/mol. The summed E-state index contributed by atoms with van der Waals surface area (Å²) >= 11 is -1.88. The van der Waals surface area contributed by atoms with Gasteiger partial charge in [0.15, 0.2) is 0 Å². The Hall–Kier alpha value is -3.05. The van der Waals surface area contributed by atoms with Gasteiger partial charge >= 0.3 is 138 Å². The molecule has 0 amide bonds. The van der Waals surface area contributed by atoms with Crippen LogP contribution in [0.1, 0.15) is 75.6 Å². The number of hydrogen-bond acceptors (Lipinski definition) is 3. The van der Waals surface area contributed by atoms with Gasteiger partial charge in [-0.1, -0.05) is 61.9 Å². The largest absolute Gasteiger partial charge is 0 e. The Morgan fingerprint density at radius 2 is 1.62 bits per heavy atom. The molecule has 1 aliphatic rings. The maximum atomic E-state index is 6.19. The molecule has 50 heavy (non-hydrogen) atoms. The van der Waals surface area contributed by atoms with Gasteiger partial charge in [0, 0.05) is 31.7 Å². The average molecular weight is 902 g/mol. The van der Waals surface area contributed by atoms with E-state index in [1.807, 2.05) is 24.4 Å². The minimum absolute atomic E-state index is 0. The number of nitrogens with zero attached hydrogens (tertiary/aromatic N) is 2. The van der Waals surface area contributed by atoms with Crippen molar-refractivity contribution < 1.29 is 24.5 Å². The van der Waals surface area contributed by atoms with Crippen LogP contribution in [0.5, 0.6) is 0 Å². The summed E-state index contributed by atoms with van der Waals surface area (Å²) in [5.74, 6) is 8.76. The molecule has 6 aromatic rings. The predicted octanol–water partition coefficient (Wildman–Crippen LogP) is 11.8. The second kappa shape index (κ2) is 15.7. The smallest absolute Gasteiger partial charge is 0 e. The van der Waals surface area contributed by atoms with Gasteiger partial charge in [0.2, 0.25) is 0 Å². The Morgan fingerprint density at radius 1 is 0.880 bits per heavy atom. The number of aryl methyl sites for hydroxylation is 2. The SMILES string of the molecule is CC(C)(c1ccnc(-c2[c-]ccc3c2oc2ccccc23)c1)C1CCCC1.Cc1c[c-]c(-c2cc(CC(C)C)[c]([Ge]([CH3])([CH3])[CH3])cn2)cc1C.[Ir]. The third kappa shape index (κ3) is 8.19. The Balaban J connectivity index is 0.000000195. The number of furan rings is 1. The molecule has 3 aromatic carbocycles. The van der Waals surface area contributed by atoms with Crippen LogP contribution in [0.25, 0.3) is 44.5 Å². The quantitative estimate of drug-likeness (QED) is 0.118. The van der Waals surface area contributed by atoms with E-state index in [1.54, 1.807) is 4.40 Å². The average Bonchev–Trinajstić information content (AvgIpc) is 3.75. The normalized spacial score (nSPS) is 13.8. The van der Waals surface area contributed by atoms with Gasteiger partial charge in [0.1, 0.15) is 5.58 Å². The Kier molecular flexibility index (Phi) is 12.0. The van der Waals surface area contributed by atoms with E-state index in [1.165, 1.54) is 47.9 Å². The maximum absolute atomic E-state index is 6.19. The van der Waals surface area contributed by atoms with Crippen LogP contribution < -0.4 is 4.40 Å². The summed E-state index contributed by atoms with van der Waals surface area (Å²) in [5, 5.41) is 2.27. The van der Waals surface area contributed by atoms with Gasteiger partial charge in [0.25, 0.3) is 0 Å². The Morgan fingerprint density at radius 3 is 2.32 bits per heavy atom. The van der Waals surface area contributed by atoms with Gasteiger partial charge in [-0.05, 0) is 47.6 Å². The number of pyridine rings is 2. The summed E-state index contributed by atoms with van der Waals surface area (Å²) in [6.07, 6.45) is 10.6. The molecule has 5 heteroatoms. The fourth-order valence-corrected chi connectivity index (χ4v) is 10.8. The fourth-order valence-electron chi connectivity index (χ4n) is 7.48. The zero-order valence-corrected chi connectivity index (χ0v) is 35.8. The van der Waals surface area contributed by atoms with Crippen LogP contribution in [0, 0.1) is 37.8 Å². The third-order valence-electron chi connectivity index (χ3n) is 10.6. The second-order valence-corrected chi connectivity index (χ2v) is 26.7. The van der Waals surface area contributed by atoms with Crippen molar-refractivity contribution in [1.29, 1.82) is 0 Å². The molecule has 7 rings (SSSR count).